The van der Waals surface area contributed by atoms with E-state index in [1.807, 2.05) is 67.6 Å². The van der Waals surface area contributed by atoms with Gasteiger partial charge in [-0.2, -0.15) is 0 Å². The molecule has 1 amide bonds. The average Bonchev–Trinajstić information content (AvgIpc) is 3.47. The molecule has 0 fully saturated rings. The maximum absolute atomic E-state index is 13.0. The number of benzene rings is 3. The lowest BCUT2D eigenvalue weighted by molar-refractivity contribution is -0.116. The molecule has 0 radical (unpaired) electrons. The van der Waals surface area contributed by atoms with E-state index in [1.165, 1.54) is 0 Å². The molecule has 3 aromatic rings. The monoisotopic (exact) mass is 355 g/mol. The van der Waals surface area contributed by atoms with E-state index in [-0.39, 0.29) is 11.8 Å². The van der Waals surface area contributed by atoms with Crippen molar-refractivity contribution in [2.75, 3.05) is 11.9 Å². The van der Waals surface area contributed by atoms with Crippen molar-refractivity contribution in [3.8, 4) is 5.75 Å². The molecule has 3 heteroatoms. The van der Waals surface area contributed by atoms with Gasteiger partial charge in [-0.3, -0.25) is 4.79 Å². The van der Waals surface area contributed by atoms with Crippen molar-refractivity contribution >= 4 is 22.7 Å². The highest BCUT2D eigenvalue weighted by Gasteiger charge is 2.43. The predicted molar refractivity (Wildman–Crippen MR) is 109 cm³/mol. The van der Waals surface area contributed by atoms with Crippen LogP contribution in [0, 0.1) is 5.92 Å². The van der Waals surface area contributed by atoms with E-state index in [4.69, 9.17) is 4.74 Å². The molecule has 1 N–H and O–H groups in total. The molecule has 0 saturated carbocycles. The first-order valence-electron chi connectivity index (χ1n) is 9.16. The molecule has 0 heterocycles. The summed E-state index contributed by atoms with van der Waals surface area (Å²) in [6, 6.07) is 27.7. The Morgan fingerprint density at radius 3 is 1.81 bits per heavy atom. The summed E-state index contributed by atoms with van der Waals surface area (Å²) < 4.78 is 5.45. The van der Waals surface area contributed by atoms with Gasteiger partial charge in [-0.15, -0.1) is 0 Å². The van der Waals surface area contributed by atoms with Crippen LogP contribution in [0.1, 0.15) is 18.1 Å². The topological polar surface area (TPSA) is 38.3 Å². The number of carbonyl (C=O) groups is 1. The fraction of sp³-hybridized carbons (Fsp3) is 0.125. The van der Waals surface area contributed by atoms with Crippen LogP contribution in [0.15, 0.2) is 84.9 Å². The normalized spacial score (nSPS) is 13.4. The van der Waals surface area contributed by atoms with E-state index in [1.54, 1.807) is 0 Å². The predicted octanol–water partition coefficient (Wildman–Crippen LogP) is 5.26. The van der Waals surface area contributed by atoms with Crippen molar-refractivity contribution < 1.29 is 9.53 Å². The van der Waals surface area contributed by atoms with Gasteiger partial charge in [0.25, 0.3) is 0 Å². The van der Waals surface area contributed by atoms with E-state index in [9.17, 15) is 4.79 Å². The fourth-order valence-corrected chi connectivity index (χ4v) is 3.38. The van der Waals surface area contributed by atoms with Crippen LogP contribution in [0.4, 0.5) is 5.69 Å². The van der Waals surface area contributed by atoms with Crippen LogP contribution in [0.3, 0.4) is 0 Å². The van der Waals surface area contributed by atoms with E-state index in [0.717, 1.165) is 33.7 Å². The highest BCUT2D eigenvalue weighted by Crippen LogP contribution is 2.53. The van der Waals surface area contributed by atoms with Gasteiger partial charge in [0.2, 0.25) is 5.91 Å². The van der Waals surface area contributed by atoms with Gasteiger partial charge >= 0.3 is 0 Å². The van der Waals surface area contributed by atoms with Crippen molar-refractivity contribution in [2.45, 2.75) is 6.92 Å². The maximum atomic E-state index is 13.0. The number of hydrogen-bond donors (Lipinski definition) is 1. The van der Waals surface area contributed by atoms with E-state index >= 15 is 0 Å². The van der Waals surface area contributed by atoms with Gasteiger partial charge in [0.15, 0.2) is 0 Å². The van der Waals surface area contributed by atoms with Gasteiger partial charge < -0.3 is 10.1 Å². The van der Waals surface area contributed by atoms with Crippen LogP contribution < -0.4 is 10.1 Å². The molecule has 0 spiro atoms. The molecule has 0 aliphatic heterocycles. The number of amides is 1. The van der Waals surface area contributed by atoms with Crippen LogP contribution >= 0.6 is 0 Å². The van der Waals surface area contributed by atoms with Crippen LogP contribution in [-0.2, 0) is 4.79 Å². The number of carbonyl (C=O) groups excluding carboxylic acids is 1. The Hall–Kier alpha value is -3.33. The van der Waals surface area contributed by atoms with Crippen molar-refractivity contribution in [3.05, 3.63) is 96.1 Å². The standard InChI is InChI=1S/C24H21NO2/c1-2-27-20-15-13-19(14-16-20)25-24(26)23-21(17-9-5-3-6-10-17)22(23)18-11-7-4-8-12-18/h3-16,23H,2H2,1H3,(H,25,26). The first-order chi connectivity index (χ1) is 13.3. The molecular formula is C24H21NO2. The summed E-state index contributed by atoms with van der Waals surface area (Å²) in [4.78, 5) is 13.0. The third-order valence-electron chi connectivity index (χ3n) is 4.65. The molecule has 1 aliphatic rings. The highest BCUT2D eigenvalue weighted by molar-refractivity contribution is 6.25. The second-order valence-corrected chi connectivity index (χ2v) is 6.44. The SMILES string of the molecule is CCOc1ccc(NC(=O)C2C(c3ccccc3)=C2c2ccccc2)cc1. The molecule has 0 unspecified atom stereocenters. The number of anilines is 1. The zero-order chi connectivity index (χ0) is 18.6. The Bertz CT molecular complexity index is 911. The zero-order valence-electron chi connectivity index (χ0n) is 15.2. The third kappa shape index (κ3) is 3.63. The van der Waals surface area contributed by atoms with E-state index in [2.05, 4.69) is 29.6 Å². The molecule has 27 heavy (non-hydrogen) atoms. The lowest BCUT2D eigenvalue weighted by Crippen LogP contribution is -2.16. The van der Waals surface area contributed by atoms with Crippen molar-refractivity contribution in [1.29, 1.82) is 0 Å². The van der Waals surface area contributed by atoms with E-state index < -0.39 is 0 Å². The van der Waals surface area contributed by atoms with Crippen LogP contribution in [0.5, 0.6) is 5.75 Å². The second-order valence-electron chi connectivity index (χ2n) is 6.44. The minimum absolute atomic E-state index is 0.00290. The molecule has 0 aromatic heterocycles. The molecular weight excluding hydrogens is 334 g/mol. The van der Waals surface area contributed by atoms with Crippen LogP contribution in [0.2, 0.25) is 0 Å². The summed E-state index contributed by atoms with van der Waals surface area (Å²) in [5.41, 5.74) is 5.18. The molecule has 3 aromatic carbocycles. The molecule has 3 nitrogen and oxygen atoms in total. The number of hydrogen-bond acceptors (Lipinski definition) is 2. The summed E-state index contributed by atoms with van der Waals surface area (Å²) in [6.45, 7) is 2.57. The summed E-state index contributed by atoms with van der Waals surface area (Å²) in [5.74, 6) is 0.577. The highest BCUT2D eigenvalue weighted by atomic mass is 16.5. The lowest BCUT2D eigenvalue weighted by Gasteiger charge is -2.08. The Kier molecular flexibility index (Phi) is 4.75. The Balaban J connectivity index is 1.56. The van der Waals surface area contributed by atoms with Gasteiger partial charge in [-0.1, -0.05) is 60.7 Å². The van der Waals surface area contributed by atoms with Gasteiger partial charge in [0.1, 0.15) is 5.75 Å². The minimum atomic E-state index is -0.221. The Morgan fingerprint density at radius 2 is 1.33 bits per heavy atom. The summed E-state index contributed by atoms with van der Waals surface area (Å²) in [7, 11) is 0. The number of nitrogens with one attached hydrogen (secondary N) is 1. The average molecular weight is 355 g/mol. The number of rotatable bonds is 6. The molecule has 1 aliphatic carbocycles. The smallest absolute Gasteiger partial charge is 0.236 e. The fourth-order valence-electron chi connectivity index (χ4n) is 3.38. The summed E-state index contributed by atoms with van der Waals surface area (Å²) in [5, 5.41) is 3.04. The quantitative estimate of drug-likeness (QED) is 0.654. The van der Waals surface area contributed by atoms with E-state index in [0.29, 0.717) is 6.61 Å². The first-order valence-corrected chi connectivity index (χ1v) is 9.16. The van der Waals surface area contributed by atoms with Crippen LogP contribution in [-0.4, -0.2) is 12.5 Å². The third-order valence-corrected chi connectivity index (χ3v) is 4.65. The number of ether oxygens (including phenoxy) is 1. The van der Waals surface area contributed by atoms with Crippen molar-refractivity contribution in [3.63, 3.8) is 0 Å². The van der Waals surface area contributed by atoms with Crippen LogP contribution in [0.25, 0.3) is 11.1 Å². The molecule has 0 bridgehead atoms. The molecule has 0 saturated heterocycles. The zero-order valence-corrected chi connectivity index (χ0v) is 15.2. The molecule has 134 valence electrons. The maximum Gasteiger partial charge on any atom is 0.236 e. The lowest BCUT2D eigenvalue weighted by atomic mass is 10.1. The van der Waals surface area contributed by atoms with Gasteiger partial charge in [-0.25, -0.2) is 0 Å². The molecule has 0 atom stereocenters. The Labute approximate surface area is 159 Å². The van der Waals surface area contributed by atoms with Gasteiger partial charge in [0.05, 0.1) is 12.5 Å². The van der Waals surface area contributed by atoms with Crippen molar-refractivity contribution in [1.82, 2.24) is 0 Å². The molecule has 4 rings (SSSR count). The second kappa shape index (κ2) is 7.50. The first kappa shape index (κ1) is 17.1. The largest absolute Gasteiger partial charge is 0.494 e. The van der Waals surface area contributed by atoms with Gasteiger partial charge in [0, 0.05) is 5.69 Å². The van der Waals surface area contributed by atoms with Gasteiger partial charge in [-0.05, 0) is 53.5 Å². The minimum Gasteiger partial charge on any atom is -0.494 e. The summed E-state index contributed by atoms with van der Waals surface area (Å²) >= 11 is 0. The Morgan fingerprint density at radius 1 is 0.815 bits per heavy atom. The summed E-state index contributed by atoms with van der Waals surface area (Å²) in [6.07, 6.45) is 0. The van der Waals surface area contributed by atoms with Crippen molar-refractivity contribution in [2.24, 2.45) is 5.92 Å².